The molecule has 0 unspecified atom stereocenters. The van der Waals surface area contributed by atoms with Gasteiger partial charge in [-0.15, -0.1) is 0 Å². The molecule has 0 spiro atoms. The third-order valence-electron chi connectivity index (χ3n) is 5.92. The number of rotatable bonds is 6. The number of carbonyl (C=O) groups is 1. The van der Waals surface area contributed by atoms with E-state index in [1.807, 2.05) is 22.9 Å². The molecule has 0 saturated carbocycles. The van der Waals surface area contributed by atoms with Crippen LogP contribution in [-0.2, 0) is 13.0 Å². The van der Waals surface area contributed by atoms with Crippen molar-refractivity contribution in [2.75, 3.05) is 27.3 Å². The summed E-state index contributed by atoms with van der Waals surface area (Å²) in [6.45, 7) is 3.55. The number of aromatic amines is 1. The van der Waals surface area contributed by atoms with E-state index < -0.39 is 5.60 Å². The van der Waals surface area contributed by atoms with Crippen LogP contribution in [0.15, 0.2) is 30.6 Å². The summed E-state index contributed by atoms with van der Waals surface area (Å²) in [6.07, 6.45) is 5.54. The summed E-state index contributed by atoms with van der Waals surface area (Å²) < 4.78 is 12.8. The number of aryl methyl sites for hydroxylation is 1. The van der Waals surface area contributed by atoms with Crippen LogP contribution in [0, 0.1) is 0 Å². The fourth-order valence-electron chi connectivity index (χ4n) is 4.15. The minimum atomic E-state index is -0.835. The van der Waals surface area contributed by atoms with Crippen LogP contribution >= 0.6 is 0 Å². The zero-order valence-corrected chi connectivity index (χ0v) is 17.6. The van der Waals surface area contributed by atoms with E-state index >= 15 is 0 Å². The number of piperidine rings is 1. The van der Waals surface area contributed by atoms with Gasteiger partial charge < -0.3 is 29.0 Å². The highest BCUT2D eigenvalue weighted by molar-refractivity contribution is 6.00. The summed E-state index contributed by atoms with van der Waals surface area (Å²) in [4.78, 5) is 22.4. The molecule has 0 atom stereocenters. The van der Waals surface area contributed by atoms with Crippen molar-refractivity contribution in [3.05, 3.63) is 42.1 Å². The summed E-state index contributed by atoms with van der Waals surface area (Å²) in [5, 5.41) is 11.9. The second-order valence-electron chi connectivity index (χ2n) is 7.82. The molecule has 0 bridgehead atoms. The predicted molar refractivity (Wildman–Crippen MR) is 113 cm³/mol. The molecule has 0 radical (unpaired) electrons. The van der Waals surface area contributed by atoms with Crippen molar-refractivity contribution < 1.29 is 19.4 Å². The Labute approximate surface area is 175 Å². The molecular weight excluding hydrogens is 384 g/mol. The number of amides is 1. The number of hydrogen-bond donors (Lipinski definition) is 2. The molecule has 160 valence electrons. The van der Waals surface area contributed by atoms with Crippen LogP contribution in [-0.4, -0.2) is 63.4 Å². The summed E-state index contributed by atoms with van der Waals surface area (Å²) in [7, 11) is 3.19. The van der Waals surface area contributed by atoms with Gasteiger partial charge in [-0.25, -0.2) is 4.98 Å². The highest BCUT2D eigenvalue weighted by atomic mass is 16.5. The quantitative estimate of drug-likeness (QED) is 0.649. The summed E-state index contributed by atoms with van der Waals surface area (Å²) in [5.41, 5.74) is 0.457. The van der Waals surface area contributed by atoms with Crippen LogP contribution in [0.4, 0.5) is 0 Å². The van der Waals surface area contributed by atoms with Gasteiger partial charge in [0.25, 0.3) is 5.91 Å². The normalized spacial score (nSPS) is 16.1. The van der Waals surface area contributed by atoms with Gasteiger partial charge in [0, 0.05) is 49.4 Å². The van der Waals surface area contributed by atoms with Crippen molar-refractivity contribution >= 4 is 16.8 Å². The smallest absolute Gasteiger partial charge is 0.270 e. The van der Waals surface area contributed by atoms with Crippen LogP contribution < -0.4 is 9.47 Å². The summed E-state index contributed by atoms with van der Waals surface area (Å²) >= 11 is 0. The average molecular weight is 412 g/mol. The van der Waals surface area contributed by atoms with Gasteiger partial charge >= 0.3 is 0 Å². The molecule has 3 aromatic rings. The Morgan fingerprint density at radius 2 is 2.00 bits per heavy atom. The Balaban J connectivity index is 1.48. The maximum atomic E-state index is 13.1. The first-order valence-electron chi connectivity index (χ1n) is 10.2. The lowest BCUT2D eigenvalue weighted by molar-refractivity contribution is -0.0297. The number of ether oxygens (including phenoxy) is 2. The molecule has 2 aromatic heterocycles. The van der Waals surface area contributed by atoms with Crippen molar-refractivity contribution in [3.63, 3.8) is 0 Å². The van der Waals surface area contributed by atoms with Crippen LogP contribution in [0.2, 0.25) is 0 Å². The number of nitrogens with one attached hydrogen (secondary N) is 1. The fraction of sp³-hybridized carbons (Fsp3) is 0.455. The number of aromatic nitrogens is 3. The highest BCUT2D eigenvalue weighted by Crippen LogP contribution is 2.32. The van der Waals surface area contributed by atoms with Crippen molar-refractivity contribution in [2.24, 2.45) is 0 Å². The van der Waals surface area contributed by atoms with Gasteiger partial charge in [0.05, 0.1) is 31.9 Å². The van der Waals surface area contributed by atoms with Crippen molar-refractivity contribution in [3.8, 4) is 11.5 Å². The van der Waals surface area contributed by atoms with E-state index in [1.54, 1.807) is 31.4 Å². The lowest BCUT2D eigenvalue weighted by Gasteiger charge is -2.38. The van der Waals surface area contributed by atoms with E-state index in [0.29, 0.717) is 49.7 Å². The lowest BCUT2D eigenvalue weighted by atomic mass is 9.91. The zero-order valence-electron chi connectivity index (χ0n) is 17.6. The standard InChI is InChI=1S/C22H28N4O4/c1-4-20-23-7-10-26(20)14-22(28)5-8-25(9-6-22)21(27)18-13-16-17(24-18)11-15(29-2)12-19(16)30-3/h7,10-13,24,28H,4-6,8-9,14H2,1-3H3. The first-order chi connectivity index (χ1) is 14.5. The molecule has 1 aliphatic heterocycles. The van der Waals surface area contributed by atoms with E-state index in [4.69, 9.17) is 9.47 Å². The molecule has 2 N–H and O–H groups in total. The van der Waals surface area contributed by atoms with Gasteiger partial charge in [-0.05, 0) is 18.9 Å². The number of likely N-dealkylation sites (tertiary alicyclic amines) is 1. The van der Waals surface area contributed by atoms with Crippen LogP contribution in [0.3, 0.4) is 0 Å². The second-order valence-corrected chi connectivity index (χ2v) is 7.82. The van der Waals surface area contributed by atoms with Gasteiger partial charge in [0.2, 0.25) is 0 Å². The summed E-state index contributed by atoms with van der Waals surface area (Å²) in [5.74, 6) is 2.20. The predicted octanol–water partition coefficient (Wildman–Crippen LogP) is 2.61. The third kappa shape index (κ3) is 3.75. The van der Waals surface area contributed by atoms with Gasteiger partial charge in [0.1, 0.15) is 23.0 Å². The van der Waals surface area contributed by atoms with Crippen LogP contribution in [0.1, 0.15) is 36.1 Å². The largest absolute Gasteiger partial charge is 0.497 e. The SMILES string of the molecule is CCc1nccn1CC1(O)CCN(C(=O)c2cc3c(OC)cc(OC)cc3[nH]2)CC1. The Hall–Kier alpha value is -3.00. The van der Waals surface area contributed by atoms with Crippen molar-refractivity contribution in [1.29, 1.82) is 0 Å². The molecule has 4 rings (SSSR count). The zero-order chi connectivity index (χ0) is 21.3. The molecule has 8 heteroatoms. The van der Waals surface area contributed by atoms with Gasteiger partial charge in [-0.1, -0.05) is 6.92 Å². The molecule has 1 amide bonds. The van der Waals surface area contributed by atoms with Gasteiger partial charge in [0.15, 0.2) is 0 Å². The van der Waals surface area contributed by atoms with Crippen molar-refractivity contribution in [2.45, 2.75) is 38.3 Å². The molecule has 30 heavy (non-hydrogen) atoms. The van der Waals surface area contributed by atoms with E-state index in [1.165, 1.54) is 0 Å². The number of nitrogens with zero attached hydrogens (tertiary/aromatic N) is 3. The Bertz CT molecular complexity index is 1050. The van der Waals surface area contributed by atoms with Crippen LogP contribution in [0.25, 0.3) is 10.9 Å². The first-order valence-corrected chi connectivity index (χ1v) is 10.2. The number of H-pyrrole nitrogens is 1. The number of hydrogen-bond acceptors (Lipinski definition) is 5. The molecule has 1 aromatic carbocycles. The third-order valence-corrected chi connectivity index (χ3v) is 5.92. The van der Waals surface area contributed by atoms with Crippen molar-refractivity contribution in [1.82, 2.24) is 19.4 Å². The minimum Gasteiger partial charge on any atom is -0.497 e. The van der Waals surface area contributed by atoms with Gasteiger partial charge in [-0.3, -0.25) is 4.79 Å². The molecule has 1 aliphatic rings. The number of carbonyl (C=O) groups excluding carboxylic acids is 1. The maximum absolute atomic E-state index is 13.1. The molecule has 8 nitrogen and oxygen atoms in total. The lowest BCUT2D eigenvalue weighted by Crippen LogP contribution is -2.48. The van der Waals surface area contributed by atoms with E-state index in [-0.39, 0.29) is 5.91 Å². The fourth-order valence-corrected chi connectivity index (χ4v) is 4.15. The monoisotopic (exact) mass is 412 g/mol. The molecular formula is C22H28N4O4. The Morgan fingerprint density at radius 3 is 2.67 bits per heavy atom. The van der Waals surface area contributed by atoms with E-state index in [0.717, 1.165) is 23.1 Å². The summed E-state index contributed by atoms with van der Waals surface area (Å²) in [6, 6.07) is 5.46. The number of imidazole rings is 1. The average Bonchev–Trinajstić information content (AvgIpc) is 3.39. The second kappa shape index (κ2) is 8.02. The van der Waals surface area contributed by atoms with E-state index in [2.05, 4.69) is 16.9 Å². The molecule has 3 heterocycles. The highest BCUT2D eigenvalue weighted by Gasteiger charge is 2.35. The number of benzene rings is 1. The van der Waals surface area contributed by atoms with Crippen LogP contribution in [0.5, 0.6) is 11.5 Å². The number of aliphatic hydroxyl groups is 1. The number of fused-ring (bicyclic) bond motifs is 1. The Morgan fingerprint density at radius 1 is 1.23 bits per heavy atom. The number of methoxy groups -OCH3 is 2. The van der Waals surface area contributed by atoms with E-state index in [9.17, 15) is 9.90 Å². The molecule has 1 fully saturated rings. The topological polar surface area (TPSA) is 92.6 Å². The van der Waals surface area contributed by atoms with Gasteiger partial charge in [-0.2, -0.15) is 0 Å². The first kappa shape index (κ1) is 20.3. The maximum Gasteiger partial charge on any atom is 0.270 e. The minimum absolute atomic E-state index is 0.0776. The Kier molecular flexibility index (Phi) is 5.42. The molecule has 1 saturated heterocycles. The molecule has 0 aliphatic carbocycles.